The Hall–Kier alpha value is -1.95. The van der Waals surface area contributed by atoms with Gasteiger partial charge >= 0.3 is 0 Å². The minimum atomic E-state index is -0.0384. The van der Waals surface area contributed by atoms with E-state index in [9.17, 15) is 4.79 Å². The molecule has 0 radical (unpaired) electrons. The Morgan fingerprint density at radius 2 is 2.30 bits per heavy atom. The molecule has 2 aliphatic rings. The Morgan fingerprint density at radius 3 is 3.04 bits per heavy atom. The van der Waals surface area contributed by atoms with Crippen LogP contribution >= 0.6 is 0 Å². The van der Waals surface area contributed by atoms with Crippen LogP contribution in [0.3, 0.4) is 0 Å². The van der Waals surface area contributed by atoms with E-state index >= 15 is 0 Å². The van der Waals surface area contributed by atoms with E-state index in [2.05, 4.69) is 21.5 Å². The van der Waals surface area contributed by atoms with Gasteiger partial charge in [-0.15, -0.1) is 0 Å². The number of carbonyl (C=O) groups is 1. The predicted molar refractivity (Wildman–Crippen MR) is 86.2 cm³/mol. The lowest BCUT2D eigenvalue weighted by molar-refractivity contribution is -0.122. The van der Waals surface area contributed by atoms with Gasteiger partial charge in [-0.05, 0) is 50.2 Å². The lowest BCUT2D eigenvalue weighted by atomic mass is 10.1. The van der Waals surface area contributed by atoms with Crippen LogP contribution in [0.4, 0.5) is 0 Å². The standard InChI is InChI=1S/C17H22N4O2/c1-11-16-14(12-4-5-12)6-7-18-17(16)21(20-11)10-15(22)19-9-13-3-2-8-23-13/h6-7,12-13H,2-5,8-10H2,1H3,(H,19,22). The van der Waals surface area contributed by atoms with Crippen molar-refractivity contribution in [2.24, 2.45) is 0 Å². The highest BCUT2D eigenvalue weighted by Crippen LogP contribution is 2.43. The summed E-state index contributed by atoms with van der Waals surface area (Å²) in [6, 6.07) is 2.09. The fraction of sp³-hybridized carbons (Fsp3) is 0.588. The minimum absolute atomic E-state index is 0.0384. The van der Waals surface area contributed by atoms with Gasteiger partial charge in [0.05, 0.1) is 11.8 Å². The van der Waals surface area contributed by atoms with Gasteiger partial charge in [0.1, 0.15) is 6.54 Å². The van der Waals surface area contributed by atoms with Crippen LogP contribution in [0, 0.1) is 6.92 Å². The van der Waals surface area contributed by atoms with Crippen LogP contribution in [0.5, 0.6) is 0 Å². The van der Waals surface area contributed by atoms with E-state index in [-0.39, 0.29) is 18.6 Å². The molecular weight excluding hydrogens is 292 g/mol. The molecule has 1 saturated carbocycles. The Bertz CT molecular complexity index is 730. The molecule has 6 nitrogen and oxygen atoms in total. The molecule has 1 aliphatic heterocycles. The first-order valence-electron chi connectivity index (χ1n) is 8.42. The molecule has 23 heavy (non-hydrogen) atoms. The summed E-state index contributed by atoms with van der Waals surface area (Å²) in [5, 5.41) is 8.61. The number of nitrogens with one attached hydrogen (secondary N) is 1. The van der Waals surface area contributed by atoms with E-state index in [4.69, 9.17) is 4.74 Å². The quantitative estimate of drug-likeness (QED) is 0.915. The third-order valence-electron chi connectivity index (χ3n) is 4.70. The van der Waals surface area contributed by atoms with E-state index in [1.54, 1.807) is 4.68 Å². The maximum absolute atomic E-state index is 12.2. The van der Waals surface area contributed by atoms with Crippen molar-refractivity contribution in [2.75, 3.05) is 13.2 Å². The molecule has 0 bridgehead atoms. The number of amides is 1. The highest BCUT2D eigenvalue weighted by molar-refractivity contribution is 5.85. The van der Waals surface area contributed by atoms with Gasteiger partial charge in [-0.1, -0.05) is 0 Å². The molecule has 2 aromatic rings. The summed E-state index contributed by atoms with van der Waals surface area (Å²) in [4.78, 5) is 16.7. The van der Waals surface area contributed by atoms with Crippen LogP contribution < -0.4 is 5.32 Å². The third-order valence-corrected chi connectivity index (χ3v) is 4.70. The fourth-order valence-electron chi connectivity index (χ4n) is 3.38. The number of hydrogen-bond donors (Lipinski definition) is 1. The number of nitrogens with zero attached hydrogens (tertiary/aromatic N) is 3. The highest BCUT2D eigenvalue weighted by atomic mass is 16.5. The topological polar surface area (TPSA) is 69.0 Å². The molecule has 1 amide bonds. The number of ether oxygens (including phenoxy) is 1. The lowest BCUT2D eigenvalue weighted by Crippen LogP contribution is -2.34. The monoisotopic (exact) mass is 314 g/mol. The van der Waals surface area contributed by atoms with Crippen LogP contribution in [0.15, 0.2) is 12.3 Å². The van der Waals surface area contributed by atoms with Gasteiger partial charge in [0.25, 0.3) is 0 Å². The number of fused-ring (bicyclic) bond motifs is 1. The van der Waals surface area contributed by atoms with Crippen LogP contribution in [-0.2, 0) is 16.1 Å². The number of rotatable bonds is 5. The predicted octanol–water partition coefficient (Wildman–Crippen LogP) is 1.91. The van der Waals surface area contributed by atoms with Crippen molar-refractivity contribution in [3.05, 3.63) is 23.5 Å². The van der Waals surface area contributed by atoms with E-state index in [0.29, 0.717) is 12.5 Å². The number of pyridine rings is 1. The molecule has 1 saturated heterocycles. The Balaban J connectivity index is 1.50. The maximum Gasteiger partial charge on any atom is 0.241 e. The van der Waals surface area contributed by atoms with E-state index in [1.807, 2.05) is 13.1 Å². The van der Waals surface area contributed by atoms with Gasteiger partial charge in [0.2, 0.25) is 5.91 Å². The molecule has 122 valence electrons. The molecule has 1 aliphatic carbocycles. The van der Waals surface area contributed by atoms with Crippen LogP contribution in [-0.4, -0.2) is 39.9 Å². The summed E-state index contributed by atoms with van der Waals surface area (Å²) in [6.07, 6.45) is 6.58. The summed E-state index contributed by atoms with van der Waals surface area (Å²) in [7, 11) is 0. The summed E-state index contributed by atoms with van der Waals surface area (Å²) in [5.41, 5.74) is 3.11. The molecule has 3 heterocycles. The van der Waals surface area contributed by atoms with Crippen molar-refractivity contribution in [3.8, 4) is 0 Å². The average molecular weight is 314 g/mol. The van der Waals surface area contributed by atoms with Crippen molar-refractivity contribution in [1.29, 1.82) is 0 Å². The van der Waals surface area contributed by atoms with Crippen molar-refractivity contribution in [2.45, 2.75) is 51.2 Å². The first-order valence-corrected chi connectivity index (χ1v) is 8.42. The van der Waals surface area contributed by atoms with Crippen molar-refractivity contribution < 1.29 is 9.53 Å². The largest absolute Gasteiger partial charge is 0.376 e. The second-order valence-electron chi connectivity index (χ2n) is 6.56. The minimum Gasteiger partial charge on any atom is -0.376 e. The van der Waals surface area contributed by atoms with Crippen LogP contribution in [0.1, 0.15) is 42.9 Å². The van der Waals surface area contributed by atoms with Gasteiger partial charge in [0.15, 0.2) is 5.65 Å². The zero-order valence-electron chi connectivity index (χ0n) is 13.4. The number of aromatic nitrogens is 3. The SMILES string of the molecule is Cc1nn(CC(=O)NCC2CCCO2)c2nccc(C3CC3)c12. The van der Waals surface area contributed by atoms with Gasteiger partial charge in [-0.3, -0.25) is 4.79 Å². The molecule has 1 unspecified atom stereocenters. The van der Waals surface area contributed by atoms with Crippen molar-refractivity contribution in [3.63, 3.8) is 0 Å². The number of hydrogen-bond acceptors (Lipinski definition) is 4. The van der Waals surface area contributed by atoms with Gasteiger partial charge < -0.3 is 10.1 Å². The highest BCUT2D eigenvalue weighted by Gasteiger charge is 2.27. The Kier molecular flexibility index (Phi) is 3.77. The smallest absolute Gasteiger partial charge is 0.241 e. The van der Waals surface area contributed by atoms with Crippen molar-refractivity contribution in [1.82, 2.24) is 20.1 Å². The molecular formula is C17H22N4O2. The summed E-state index contributed by atoms with van der Waals surface area (Å²) >= 11 is 0. The van der Waals surface area contributed by atoms with Crippen molar-refractivity contribution >= 4 is 16.9 Å². The first kappa shape index (κ1) is 14.6. The van der Waals surface area contributed by atoms with Gasteiger partial charge in [-0.2, -0.15) is 5.10 Å². The maximum atomic E-state index is 12.2. The zero-order valence-corrected chi connectivity index (χ0v) is 13.4. The zero-order chi connectivity index (χ0) is 15.8. The average Bonchev–Trinajstić information content (AvgIpc) is 3.17. The fourth-order valence-corrected chi connectivity index (χ4v) is 3.38. The summed E-state index contributed by atoms with van der Waals surface area (Å²) in [6.45, 7) is 3.59. The molecule has 0 aromatic carbocycles. The molecule has 4 rings (SSSR count). The lowest BCUT2D eigenvalue weighted by Gasteiger charge is -2.11. The molecule has 1 N–H and O–H groups in total. The summed E-state index contributed by atoms with van der Waals surface area (Å²) < 4.78 is 7.25. The molecule has 2 aromatic heterocycles. The molecule has 0 spiro atoms. The molecule has 6 heteroatoms. The van der Waals surface area contributed by atoms with Crippen LogP contribution in [0.2, 0.25) is 0 Å². The van der Waals surface area contributed by atoms with Gasteiger partial charge in [0, 0.05) is 24.7 Å². The van der Waals surface area contributed by atoms with E-state index < -0.39 is 0 Å². The number of carbonyl (C=O) groups excluding carboxylic acids is 1. The third kappa shape index (κ3) is 2.95. The van der Waals surface area contributed by atoms with Gasteiger partial charge in [-0.25, -0.2) is 9.67 Å². The van der Waals surface area contributed by atoms with E-state index in [1.165, 1.54) is 18.4 Å². The first-order chi connectivity index (χ1) is 11.2. The normalized spacial score (nSPS) is 21.0. The second-order valence-corrected chi connectivity index (χ2v) is 6.56. The summed E-state index contributed by atoms with van der Waals surface area (Å²) in [5.74, 6) is 0.605. The molecule has 1 atom stereocenters. The number of aryl methyl sites for hydroxylation is 1. The van der Waals surface area contributed by atoms with Crippen LogP contribution in [0.25, 0.3) is 11.0 Å². The second kappa shape index (κ2) is 5.92. The Labute approximate surface area is 135 Å². The van der Waals surface area contributed by atoms with E-state index in [0.717, 1.165) is 36.2 Å². The molecule has 2 fully saturated rings. The Morgan fingerprint density at radius 1 is 1.43 bits per heavy atom.